The van der Waals surface area contributed by atoms with Crippen LogP contribution >= 0.6 is 46.9 Å². The Morgan fingerprint density at radius 3 is 3.00 bits per heavy atom. The van der Waals surface area contributed by atoms with Crippen molar-refractivity contribution in [3.05, 3.63) is 23.2 Å². The van der Waals surface area contributed by atoms with Crippen LogP contribution in [0.1, 0.15) is 12.8 Å². The molecule has 0 spiro atoms. The number of nitrogens with zero attached hydrogens (tertiary/aromatic N) is 2. The molecule has 0 bridgehead atoms. The lowest BCUT2D eigenvalue weighted by Gasteiger charge is -2.17. The quantitative estimate of drug-likeness (QED) is 0.826. The molecule has 2 aromatic rings. The molecule has 1 N–H and O–H groups in total. The van der Waals surface area contributed by atoms with Gasteiger partial charge >= 0.3 is 0 Å². The minimum Gasteiger partial charge on any atom is -0.358 e. The van der Waals surface area contributed by atoms with Gasteiger partial charge in [-0.05, 0) is 31.0 Å². The number of rotatable bonds is 3. The van der Waals surface area contributed by atoms with Crippen molar-refractivity contribution in [3.63, 3.8) is 0 Å². The molecule has 1 aliphatic heterocycles. The van der Waals surface area contributed by atoms with Gasteiger partial charge in [-0.15, -0.1) is 0 Å². The molecule has 116 valence electrons. The average Bonchev–Trinajstić information content (AvgIpc) is 3.13. The molecule has 1 saturated heterocycles. The standard InChI is InChI=1S/C14H14ClN3OS3/c15-9-3-4-10-11(7-9)22-13(16-10)17-12(19)8-21-14(20)18-5-1-2-6-18/h3-4,7H,1-2,5-6,8H2,(H,16,17,19). The van der Waals surface area contributed by atoms with E-state index in [1.807, 2.05) is 12.1 Å². The summed E-state index contributed by atoms with van der Waals surface area (Å²) in [7, 11) is 0. The van der Waals surface area contributed by atoms with Crippen LogP contribution in [-0.4, -0.2) is 39.0 Å². The molecule has 0 radical (unpaired) electrons. The van der Waals surface area contributed by atoms with E-state index in [9.17, 15) is 4.79 Å². The molecule has 1 amide bonds. The minimum absolute atomic E-state index is 0.0864. The van der Waals surface area contributed by atoms with Crippen LogP contribution < -0.4 is 5.32 Å². The number of amides is 1. The van der Waals surface area contributed by atoms with Crippen LogP contribution in [0.15, 0.2) is 18.2 Å². The van der Waals surface area contributed by atoms with Gasteiger partial charge < -0.3 is 10.2 Å². The van der Waals surface area contributed by atoms with Crippen LogP contribution in [0.2, 0.25) is 5.02 Å². The van der Waals surface area contributed by atoms with E-state index in [-0.39, 0.29) is 5.91 Å². The van der Waals surface area contributed by atoms with Gasteiger partial charge in [0.1, 0.15) is 4.32 Å². The second kappa shape index (κ2) is 7.12. The summed E-state index contributed by atoms with van der Waals surface area (Å²) in [5.74, 6) is 0.225. The number of aromatic nitrogens is 1. The lowest BCUT2D eigenvalue weighted by Crippen LogP contribution is -2.25. The fraction of sp³-hybridized carbons (Fsp3) is 0.357. The third-order valence-electron chi connectivity index (χ3n) is 3.29. The van der Waals surface area contributed by atoms with E-state index in [2.05, 4.69) is 15.2 Å². The Balaban J connectivity index is 1.55. The summed E-state index contributed by atoms with van der Waals surface area (Å²) in [6.45, 7) is 2.01. The summed E-state index contributed by atoms with van der Waals surface area (Å²) in [5, 5.41) is 4.08. The zero-order chi connectivity index (χ0) is 15.5. The van der Waals surface area contributed by atoms with E-state index in [0.717, 1.165) is 27.6 Å². The number of likely N-dealkylation sites (tertiary alicyclic amines) is 1. The molecule has 8 heteroatoms. The molecule has 2 heterocycles. The normalized spacial score (nSPS) is 14.5. The Morgan fingerprint density at radius 1 is 1.45 bits per heavy atom. The van der Waals surface area contributed by atoms with Gasteiger partial charge in [0, 0.05) is 18.1 Å². The fourth-order valence-corrected chi connectivity index (χ4v) is 4.43. The van der Waals surface area contributed by atoms with E-state index in [0.29, 0.717) is 15.9 Å². The summed E-state index contributed by atoms with van der Waals surface area (Å²) >= 11 is 14.1. The number of fused-ring (bicyclic) bond motifs is 1. The predicted molar refractivity (Wildman–Crippen MR) is 99.1 cm³/mol. The van der Waals surface area contributed by atoms with Gasteiger partial charge in [0.15, 0.2) is 5.13 Å². The van der Waals surface area contributed by atoms with Gasteiger partial charge in [-0.2, -0.15) is 0 Å². The first kappa shape index (κ1) is 16.0. The van der Waals surface area contributed by atoms with Crippen molar-refractivity contribution >= 4 is 72.5 Å². The number of nitrogens with one attached hydrogen (secondary N) is 1. The van der Waals surface area contributed by atoms with Crippen LogP contribution in [0.4, 0.5) is 5.13 Å². The lowest BCUT2D eigenvalue weighted by atomic mass is 10.3. The number of carbonyl (C=O) groups excluding carboxylic acids is 1. The molecular formula is C14H14ClN3OS3. The topological polar surface area (TPSA) is 45.2 Å². The zero-order valence-corrected chi connectivity index (χ0v) is 14.9. The summed E-state index contributed by atoms with van der Waals surface area (Å²) in [5.41, 5.74) is 0.838. The van der Waals surface area contributed by atoms with Gasteiger partial charge in [0.25, 0.3) is 0 Å². The van der Waals surface area contributed by atoms with Crippen LogP contribution in [0.5, 0.6) is 0 Å². The monoisotopic (exact) mass is 371 g/mol. The molecule has 0 aliphatic carbocycles. The van der Waals surface area contributed by atoms with E-state index in [1.54, 1.807) is 6.07 Å². The van der Waals surface area contributed by atoms with Gasteiger partial charge in [-0.25, -0.2) is 4.98 Å². The highest BCUT2D eigenvalue weighted by Gasteiger charge is 2.16. The molecule has 0 saturated carbocycles. The maximum atomic E-state index is 12.0. The van der Waals surface area contributed by atoms with Gasteiger partial charge in [0.05, 0.1) is 16.0 Å². The number of thiocarbonyl (C=S) groups is 1. The zero-order valence-electron chi connectivity index (χ0n) is 11.7. The maximum absolute atomic E-state index is 12.0. The molecule has 0 unspecified atom stereocenters. The highest BCUT2D eigenvalue weighted by atomic mass is 35.5. The van der Waals surface area contributed by atoms with Gasteiger partial charge in [0.2, 0.25) is 5.91 Å². The maximum Gasteiger partial charge on any atom is 0.236 e. The Kier molecular flexibility index (Phi) is 5.18. The predicted octanol–water partition coefficient (Wildman–Crippen LogP) is 4.00. The van der Waals surface area contributed by atoms with Crippen molar-refractivity contribution in [1.82, 2.24) is 9.88 Å². The van der Waals surface area contributed by atoms with Crippen molar-refractivity contribution in [3.8, 4) is 0 Å². The second-order valence-corrected chi connectivity index (χ2v) is 8.00. The molecule has 0 atom stereocenters. The van der Waals surface area contributed by atoms with E-state index in [1.165, 1.54) is 35.9 Å². The van der Waals surface area contributed by atoms with Crippen molar-refractivity contribution in [1.29, 1.82) is 0 Å². The number of anilines is 1. The molecule has 3 rings (SSSR count). The molecular weight excluding hydrogens is 358 g/mol. The van der Waals surface area contributed by atoms with Crippen LogP contribution in [0.25, 0.3) is 10.2 Å². The number of thioether (sulfide) groups is 1. The highest BCUT2D eigenvalue weighted by Crippen LogP contribution is 2.28. The van der Waals surface area contributed by atoms with Crippen molar-refractivity contribution < 1.29 is 4.79 Å². The molecule has 1 aromatic heterocycles. The molecule has 1 aromatic carbocycles. The van der Waals surface area contributed by atoms with Crippen LogP contribution in [0, 0.1) is 0 Å². The number of benzene rings is 1. The van der Waals surface area contributed by atoms with Crippen molar-refractivity contribution in [2.45, 2.75) is 12.8 Å². The van der Waals surface area contributed by atoms with Crippen LogP contribution in [-0.2, 0) is 4.79 Å². The first-order valence-corrected chi connectivity index (χ1v) is 9.48. The fourth-order valence-electron chi connectivity index (χ4n) is 2.23. The van der Waals surface area contributed by atoms with E-state index < -0.39 is 0 Å². The van der Waals surface area contributed by atoms with E-state index in [4.69, 9.17) is 23.8 Å². The molecule has 1 aliphatic rings. The molecule has 1 fully saturated rings. The summed E-state index contributed by atoms with van der Waals surface area (Å²) in [6, 6.07) is 5.49. The number of hydrogen-bond acceptors (Lipinski definition) is 5. The summed E-state index contributed by atoms with van der Waals surface area (Å²) < 4.78 is 1.77. The highest BCUT2D eigenvalue weighted by molar-refractivity contribution is 8.23. The Labute approximate surface area is 147 Å². The Morgan fingerprint density at radius 2 is 2.23 bits per heavy atom. The van der Waals surface area contributed by atoms with Gasteiger partial charge in [-0.1, -0.05) is 46.9 Å². The number of carbonyl (C=O) groups is 1. The minimum atomic E-state index is -0.0864. The van der Waals surface area contributed by atoms with Crippen molar-refractivity contribution in [2.75, 3.05) is 24.2 Å². The third kappa shape index (κ3) is 3.90. The van der Waals surface area contributed by atoms with Crippen LogP contribution in [0.3, 0.4) is 0 Å². The molecule has 4 nitrogen and oxygen atoms in total. The van der Waals surface area contributed by atoms with E-state index >= 15 is 0 Å². The largest absolute Gasteiger partial charge is 0.358 e. The van der Waals surface area contributed by atoms with Crippen molar-refractivity contribution in [2.24, 2.45) is 0 Å². The lowest BCUT2D eigenvalue weighted by molar-refractivity contribution is -0.113. The summed E-state index contributed by atoms with van der Waals surface area (Å²) in [4.78, 5) is 18.5. The second-order valence-electron chi connectivity index (χ2n) is 4.93. The smallest absolute Gasteiger partial charge is 0.236 e. The molecule has 22 heavy (non-hydrogen) atoms. The first-order chi connectivity index (χ1) is 10.6. The number of thiazole rings is 1. The number of hydrogen-bond donors (Lipinski definition) is 1. The summed E-state index contributed by atoms with van der Waals surface area (Å²) in [6.07, 6.45) is 2.36. The third-order valence-corrected chi connectivity index (χ3v) is 5.98. The number of halogens is 1. The Hall–Kier alpha value is -0.890. The van der Waals surface area contributed by atoms with Gasteiger partial charge in [-0.3, -0.25) is 4.79 Å². The average molecular weight is 372 g/mol. The SMILES string of the molecule is O=C(CSC(=S)N1CCCC1)Nc1nc2ccc(Cl)cc2s1. The first-order valence-electron chi connectivity index (χ1n) is 6.89. The Bertz CT molecular complexity index is 712.